The Morgan fingerprint density at radius 3 is 3.09 bits per heavy atom. The number of hydrogen-bond acceptors (Lipinski definition) is 2. The van der Waals surface area contributed by atoms with Gasteiger partial charge in [-0.1, -0.05) is 5.92 Å². The van der Waals surface area contributed by atoms with E-state index < -0.39 is 0 Å². The molecule has 0 aliphatic heterocycles. The summed E-state index contributed by atoms with van der Waals surface area (Å²) in [6.07, 6.45) is 3.56. The summed E-state index contributed by atoms with van der Waals surface area (Å²) in [5.41, 5.74) is 2.19. The number of pyridine rings is 1. The lowest BCUT2D eigenvalue weighted by atomic mass is 10.2. The molecule has 0 atom stereocenters. The molecule has 1 aromatic rings. The van der Waals surface area contributed by atoms with Crippen LogP contribution in [-0.2, 0) is 0 Å². The number of nitrogens with zero attached hydrogens (tertiary/aromatic N) is 1. The molecule has 0 aliphatic rings. The predicted molar refractivity (Wildman–Crippen MR) is 57.5 cm³/mol. The number of halogens is 1. The first-order valence-electron chi connectivity index (χ1n) is 3.04. The van der Waals surface area contributed by atoms with Crippen LogP contribution in [0.5, 0.6) is 0 Å². The van der Waals surface area contributed by atoms with Crippen molar-refractivity contribution in [3.05, 3.63) is 29.6 Å². The zero-order valence-electron chi connectivity index (χ0n) is 5.97. The Balaban J connectivity index is 2.95. The topological polar surface area (TPSA) is 12.9 Å². The summed E-state index contributed by atoms with van der Waals surface area (Å²) in [7, 11) is 1.49. The lowest BCUT2D eigenvalue weighted by molar-refractivity contribution is 1.27. The lowest BCUT2D eigenvalue weighted by Crippen LogP contribution is -1.81. The van der Waals surface area contributed by atoms with Gasteiger partial charge in [0.2, 0.25) is 0 Å². The van der Waals surface area contributed by atoms with E-state index in [4.69, 9.17) is 0 Å². The maximum Gasteiger partial charge on any atom is 0.0467 e. The van der Waals surface area contributed by atoms with E-state index in [-0.39, 0.29) is 0 Å². The largest absolute Gasteiger partial charge is 0.263 e. The van der Waals surface area contributed by atoms with Crippen LogP contribution in [0, 0.1) is 18.1 Å². The van der Waals surface area contributed by atoms with Gasteiger partial charge < -0.3 is 0 Å². The van der Waals surface area contributed by atoms with Gasteiger partial charge in [-0.05, 0) is 32.7 Å². The molecule has 1 nitrogen and oxygen atoms in total. The molecule has 3 heteroatoms. The fraction of sp³-hybridized carbons (Fsp3) is 0.125. The average Bonchev–Trinajstić information content (AvgIpc) is 2.03. The zero-order chi connectivity index (χ0) is 8.10. The summed E-state index contributed by atoms with van der Waals surface area (Å²) in [4.78, 5) is 3.98. The van der Waals surface area contributed by atoms with Crippen molar-refractivity contribution in [1.82, 2.24) is 4.98 Å². The molecule has 0 saturated carbocycles. The van der Waals surface area contributed by atoms with Gasteiger partial charge in [0, 0.05) is 39.2 Å². The second-order valence-electron chi connectivity index (χ2n) is 1.99. The third-order valence-corrected chi connectivity index (χ3v) is 2.10. The summed E-state index contributed by atoms with van der Waals surface area (Å²) in [6.45, 7) is 2.03. The van der Waals surface area contributed by atoms with Crippen LogP contribution in [0.4, 0.5) is 0 Å². The molecule has 0 spiro atoms. The van der Waals surface area contributed by atoms with Crippen molar-refractivity contribution in [1.29, 1.82) is 0 Å². The van der Waals surface area contributed by atoms with Crippen molar-refractivity contribution in [2.75, 3.05) is 0 Å². The first-order valence-corrected chi connectivity index (χ1v) is 6.39. The molecule has 0 N–H and O–H groups in total. The van der Waals surface area contributed by atoms with Crippen molar-refractivity contribution in [3.8, 4) is 11.2 Å². The van der Waals surface area contributed by atoms with Crippen LogP contribution in [0.2, 0.25) is 0 Å². The Hall–Kier alpha value is -0.210. The molecule has 0 radical (unpaired) electrons. The van der Waals surface area contributed by atoms with Crippen LogP contribution in [0.25, 0.3) is 0 Å². The Kier molecular flexibility index (Phi) is 3.73. The molecule has 0 aliphatic carbocycles. The highest BCUT2D eigenvalue weighted by Crippen LogP contribution is 2.09. The maximum atomic E-state index is 3.98. The van der Waals surface area contributed by atoms with Gasteiger partial charge in [-0.2, -0.15) is 0 Å². The summed E-state index contributed by atoms with van der Waals surface area (Å²) >= 11 is 2.15. The van der Waals surface area contributed by atoms with Crippen molar-refractivity contribution < 1.29 is 0 Å². The first kappa shape index (κ1) is 8.88. The number of hydrogen-bond donors (Lipinski definition) is 0. The van der Waals surface area contributed by atoms with Crippen LogP contribution in [0.3, 0.4) is 0 Å². The number of aromatic nitrogens is 1. The predicted octanol–water partition coefficient (Wildman–Crippen LogP) is 2.78. The zero-order valence-corrected chi connectivity index (χ0v) is 8.94. The van der Waals surface area contributed by atoms with Crippen LogP contribution in [-0.4, -0.2) is 4.98 Å². The first-order chi connectivity index (χ1) is 5.34. The molecule has 1 aromatic heterocycles. The second kappa shape index (κ2) is 4.62. The highest BCUT2D eigenvalue weighted by Gasteiger charge is 1.90. The fourth-order valence-corrected chi connectivity index (χ4v) is 1.15. The van der Waals surface area contributed by atoms with E-state index in [2.05, 4.69) is 37.4 Å². The third-order valence-electron chi connectivity index (χ3n) is 1.26. The van der Waals surface area contributed by atoms with E-state index in [1.54, 1.807) is 12.4 Å². The molecule has 0 fully saturated rings. The fourth-order valence-electron chi connectivity index (χ4n) is 0.669. The monoisotopic (exact) mass is 275 g/mol. The summed E-state index contributed by atoms with van der Waals surface area (Å²) in [5, 5.41) is 2.92. The number of rotatable bonds is 0. The Bertz CT molecular complexity index is 300. The SMILES string of the molecule is Cc1ccncc1C#CSI. The van der Waals surface area contributed by atoms with E-state index in [1.165, 1.54) is 14.5 Å². The van der Waals surface area contributed by atoms with Gasteiger partial charge in [0.05, 0.1) is 0 Å². The molecule has 0 unspecified atom stereocenters. The Labute approximate surface area is 82.6 Å². The summed E-state index contributed by atoms with van der Waals surface area (Å²) < 4.78 is 0. The molecule has 0 aromatic carbocycles. The molecule has 0 amide bonds. The summed E-state index contributed by atoms with van der Waals surface area (Å²) in [5.74, 6) is 3.01. The normalized spacial score (nSPS) is 8.55. The standard InChI is InChI=1S/C8H6INS/c1-7-2-4-10-6-8(7)3-5-11-9/h2,4,6H,1H3. The maximum absolute atomic E-state index is 3.98. The average molecular weight is 275 g/mol. The minimum Gasteiger partial charge on any atom is -0.263 e. The van der Waals surface area contributed by atoms with E-state index in [0.717, 1.165) is 5.56 Å². The van der Waals surface area contributed by atoms with Crippen molar-refractivity contribution in [2.24, 2.45) is 0 Å². The number of aryl methyl sites for hydroxylation is 1. The van der Waals surface area contributed by atoms with E-state index in [0.29, 0.717) is 0 Å². The Morgan fingerprint density at radius 1 is 1.64 bits per heavy atom. The van der Waals surface area contributed by atoms with E-state index >= 15 is 0 Å². The molecular formula is C8H6INS. The summed E-state index contributed by atoms with van der Waals surface area (Å²) in [6, 6.07) is 1.96. The molecular weight excluding hydrogens is 269 g/mol. The minimum atomic E-state index is 1.01. The quantitative estimate of drug-likeness (QED) is 0.533. The molecule has 0 saturated heterocycles. The van der Waals surface area contributed by atoms with Gasteiger partial charge in [-0.25, -0.2) is 0 Å². The highest BCUT2D eigenvalue weighted by atomic mass is 127. The molecule has 56 valence electrons. The van der Waals surface area contributed by atoms with Crippen LogP contribution in [0.1, 0.15) is 11.1 Å². The highest BCUT2D eigenvalue weighted by molar-refractivity contribution is 14.2. The van der Waals surface area contributed by atoms with E-state index in [9.17, 15) is 0 Å². The van der Waals surface area contributed by atoms with E-state index in [1.807, 2.05) is 13.0 Å². The minimum absolute atomic E-state index is 1.01. The molecule has 1 heterocycles. The molecule has 11 heavy (non-hydrogen) atoms. The van der Waals surface area contributed by atoms with Crippen LogP contribution >= 0.6 is 30.1 Å². The van der Waals surface area contributed by atoms with Gasteiger partial charge in [-0.3, -0.25) is 4.98 Å². The second-order valence-corrected chi connectivity index (χ2v) is 3.67. The van der Waals surface area contributed by atoms with Gasteiger partial charge in [0.1, 0.15) is 0 Å². The van der Waals surface area contributed by atoms with Gasteiger partial charge in [-0.15, -0.1) is 0 Å². The lowest BCUT2D eigenvalue weighted by Gasteiger charge is -1.92. The van der Waals surface area contributed by atoms with Crippen molar-refractivity contribution in [2.45, 2.75) is 6.92 Å². The van der Waals surface area contributed by atoms with Crippen LogP contribution < -0.4 is 0 Å². The van der Waals surface area contributed by atoms with Crippen LogP contribution in [0.15, 0.2) is 18.5 Å². The molecule has 1 rings (SSSR count). The Morgan fingerprint density at radius 2 is 2.45 bits per heavy atom. The third kappa shape index (κ3) is 2.72. The molecule has 0 bridgehead atoms. The van der Waals surface area contributed by atoms with Gasteiger partial charge in [0.25, 0.3) is 0 Å². The van der Waals surface area contributed by atoms with Gasteiger partial charge in [0.15, 0.2) is 0 Å². The van der Waals surface area contributed by atoms with Crippen molar-refractivity contribution in [3.63, 3.8) is 0 Å². The van der Waals surface area contributed by atoms with Crippen molar-refractivity contribution >= 4 is 30.1 Å². The smallest absolute Gasteiger partial charge is 0.0467 e. The van der Waals surface area contributed by atoms with Gasteiger partial charge >= 0.3 is 0 Å².